The van der Waals surface area contributed by atoms with Crippen molar-refractivity contribution in [1.82, 2.24) is 0 Å². The Morgan fingerprint density at radius 2 is 2.60 bits per heavy atom. The SMILES string of the molecule is CCOC1=CCC(C)N=C1. The smallest absolute Gasteiger partial charge is 0.133 e. The minimum absolute atomic E-state index is 0.434. The number of ether oxygens (including phenoxy) is 1. The average molecular weight is 139 g/mol. The first-order valence-corrected chi connectivity index (χ1v) is 3.69. The molecule has 1 rings (SSSR count). The third-order valence-electron chi connectivity index (χ3n) is 1.43. The molecule has 0 N–H and O–H groups in total. The highest BCUT2D eigenvalue weighted by Crippen LogP contribution is 2.08. The van der Waals surface area contributed by atoms with E-state index in [4.69, 9.17) is 4.74 Å². The van der Waals surface area contributed by atoms with Crippen molar-refractivity contribution in [2.75, 3.05) is 6.61 Å². The van der Waals surface area contributed by atoms with Gasteiger partial charge in [-0.05, 0) is 26.3 Å². The summed E-state index contributed by atoms with van der Waals surface area (Å²) in [5.41, 5.74) is 0. The minimum atomic E-state index is 0.434. The lowest BCUT2D eigenvalue weighted by Crippen LogP contribution is -2.05. The zero-order chi connectivity index (χ0) is 7.40. The molecule has 2 heteroatoms. The van der Waals surface area contributed by atoms with E-state index in [0.29, 0.717) is 6.04 Å². The molecule has 0 fully saturated rings. The van der Waals surface area contributed by atoms with E-state index in [9.17, 15) is 0 Å². The molecule has 1 aliphatic rings. The van der Waals surface area contributed by atoms with Gasteiger partial charge in [-0.3, -0.25) is 4.99 Å². The Morgan fingerprint density at radius 1 is 1.80 bits per heavy atom. The number of hydrogen-bond acceptors (Lipinski definition) is 2. The van der Waals surface area contributed by atoms with Gasteiger partial charge in [-0.2, -0.15) is 0 Å². The molecule has 1 atom stereocenters. The highest BCUT2D eigenvalue weighted by Gasteiger charge is 2.03. The van der Waals surface area contributed by atoms with Crippen molar-refractivity contribution < 1.29 is 4.74 Å². The third-order valence-corrected chi connectivity index (χ3v) is 1.43. The van der Waals surface area contributed by atoms with E-state index < -0.39 is 0 Å². The number of allylic oxidation sites excluding steroid dienone is 1. The van der Waals surface area contributed by atoms with E-state index in [2.05, 4.69) is 18.0 Å². The van der Waals surface area contributed by atoms with Crippen molar-refractivity contribution in [1.29, 1.82) is 0 Å². The molecule has 0 saturated heterocycles. The zero-order valence-corrected chi connectivity index (χ0v) is 6.50. The second-order valence-electron chi connectivity index (χ2n) is 2.40. The maximum atomic E-state index is 5.24. The Bertz CT molecular complexity index is 161. The fourth-order valence-corrected chi connectivity index (χ4v) is 0.864. The number of rotatable bonds is 2. The van der Waals surface area contributed by atoms with Crippen molar-refractivity contribution in [3.05, 3.63) is 11.8 Å². The van der Waals surface area contributed by atoms with Crippen LogP contribution in [0.15, 0.2) is 16.8 Å². The normalized spacial score (nSPS) is 24.2. The Hall–Kier alpha value is -0.790. The molecule has 2 nitrogen and oxygen atoms in total. The topological polar surface area (TPSA) is 21.6 Å². The van der Waals surface area contributed by atoms with Crippen LogP contribution in [0.5, 0.6) is 0 Å². The quantitative estimate of drug-likeness (QED) is 0.571. The Balaban J connectivity index is 2.42. The van der Waals surface area contributed by atoms with Gasteiger partial charge >= 0.3 is 0 Å². The maximum Gasteiger partial charge on any atom is 0.133 e. The van der Waals surface area contributed by atoms with Crippen molar-refractivity contribution in [2.24, 2.45) is 4.99 Å². The van der Waals surface area contributed by atoms with Crippen LogP contribution >= 0.6 is 0 Å². The minimum Gasteiger partial charge on any atom is -0.493 e. The lowest BCUT2D eigenvalue weighted by Gasteiger charge is -2.10. The van der Waals surface area contributed by atoms with Gasteiger partial charge in [0, 0.05) is 0 Å². The van der Waals surface area contributed by atoms with Gasteiger partial charge in [0.1, 0.15) is 5.76 Å². The summed E-state index contributed by atoms with van der Waals surface area (Å²) in [6.45, 7) is 4.80. The second kappa shape index (κ2) is 3.40. The van der Waals surface area contributed by atoms with Gasteiger partial charge in [0.05, 0.1) is 18.9 Å². The van der Waals surface area contributed by atoms with Crippen molar-refractivity contribution in [2.45, 2.75) is 26.3 Å². The maximum absolute atomic E-state index is 5.24. The summed E-state index contributed by atoms with van der Waals surface area (Å²) < 4.78 is 5.24. The van der Waals surface area contributed by atoms with Gasteiger partial charge in [-0.25, -0.2) is 0 Å². The lowest BCUT2D eigenvalue weighted by atomic mass is 10.2. The standard InChI is InChI=1S/C8H13NO/c1-3-10-8-5-4-7(2)9-6-8/h5-7H,3-4H2,1-2H3. The molecule has 1 aliphatic heterocycles. The molecule has 0 aromatic carbocycles. The van der Waals surface area contributed by atoms with E-state index in [1.54, 1.807) is 6.21 Å². The molecule has 0 radical (unpaired) electrons. The first-order valence-electron chi connectivity index (χ1n) is 3.69. The predicted octanol–water partition coefficient (Wildman–Crippen LogP) is 1.77. The van der Waals surface area contributed by atoms with Crippen LogP contribution in [0.25, 0.3) is 0 Å². The molecule has 0 aliphatic carbocycles. The van der Waals surface area contributed by atoms with Crippen LogP contribution in [-0.2, 0) is 4.74 Å². The largest absolute Gasteiger partial charge is 0.493 e. The van der Waals surface area contributed by atoms with E-state index in [1.807, 2.05) is 6.92 Å². The van der Waals surface area contributed by atoms with Crippen LogP contribution in [0.1, 0.15) is 20.3 Å². The molecule has 0 bridgehead atoms. The van der Waals surface area contributed by atoms with Gasteiger partial charge in [0.2, 0.25) is 0 Å². The van der Waals surface area contributed by atoms with Crippen molar-refractivity contribution >= 4 is 6.21 Å². The molecule has 1 heterocycles. The molecule has 56 valence electrons. The fraction of sp³-hybridized carbons (Fsp3) is 0.625. The molecule has 0 saturated carbocycles. The van der Waals surface area contributed by atoms with E-state index in [1.165, 1.54) is 0 Å². The highest BCUT2D eigenvalue weighted by atomic mass is 16.5. The molecule has 1 unspecified atom stereocenters. The van der Waals surface area contributed by atoms with Gasteiger partial charge in [-0.15, -0.1) is 0 Å². The number of nitrogens with zero attached hydrogens (tertiary/aromatic N) is 1. The van der Waals surface area contributed by atoms with Crippen LogP contribution in [0, 0.1) is 0 Å². The molecule has 0 amide bonds. The van der Waals surface area contributed by atoms with Gasteiger partial charge in [0.15, 0.2) is 0 Å². The number of aliphatic imine (C=N–C) groups is 1. The van der Waals surface area contributed by atoms with Crippen molar-refractivity contribution in [3.8, 4) is 0 Å². The third kappa shape index (κ3) is 1.87. The zero-order valence-electron chi connectivity index (χ0n) is 6.50. The van der Waals surface area contributed by atoms with E-state index in [0.717, 1.165) is 18.8 Å². The van der Waals surface area contributed by atoms with E-state index >= 15 is 0 Å². The molecule has 0 aromatic rings. The summed E-state index contributed by atoms with van der Waals surface area (Å²) >= 11 is 0. The van der Waals surface area contributed by atoms with Crippen molar-refractivity contribution in [3.63, 3.8) is 0 Å². The predicted molar refractivity (Wildman–Crippen MR) is 42.3 cm³/mol. The molecular weight excluding hydrogens is 126 g/mol. The summed E-state index contributed by atoms with van der Waals surface area (Å²) in [6, 6.07) is 0.434. The van der Waals surface area contributed by atoms with Crippen LogP contribution in [0.2, 0.25) is 0 Å². The van der Waals surface area contributed by atoms with E-state index in [-0.39, 0.29) is 0 Å². The Labute approximate surface area is 61.6 Å². The van der Waals surface area contributed by atoms with Gasteiger partial charge < -0.3 is 4.74 Å². The van der Waals surface area contributed by atoms with Crippen LogP contribution in [0.4, 0.5) is 0 Å². The molecule has 0 aromatic heterocycles. The molecular formula is C8H13NO. The summed E-state index contributed by atoms with van der Waals surface area (Å²) in [5, 5.41) is 0. The average Bonchev–Trinajstić information content (AvgIpc) is 1.95. The summed E-state index contributed by atoms with van der Waals surface area (Å²) in [5.74, 6) is 0.917. The number of dihydropyridines is 1. The Kier molecular flexibility index (Phi) is 2.49. The second-order valence-corrected chi connectivity index (χ2v) is 2.40. The summed E-state index contributed by atoms with van der Waals surface area (Å²) in [7, 11) is 0. The fourth-order valence-electron chi connectivity index (χ4n) is 0.864. The van der Waals surface area contributed by atoms with Crippen LogP contribution in [0.3, 0.4) is 0 Å². The van der Waals surface area contributed by atoms with Gasteiger partial charge in [0.25, 0.3) is 0 Å². The first kappa shape index (κ1) is 7.32. The Morgan fingerprint density at radius 3 is 3.10 bits per heavy atom. The molecule has 0 spiro atoms. The highest BCUT2D eigenvalue weighted by molar-refractivity contribution is 5.76. The lowest BCUT2D eigenvalue weighted by molar-refractivity contribution is 0.248. The molecule has 10 heavy (non-hydrogen) atoms. The van der Waals surface area contributed by atoms with Gasteiger partial charge in [-0.1, -0.05) is 0 Å². The first-order chi connectivity index (χ1) is 4.83. The summed E-state index contributed by atoms with van der Waals surface area (Å²) in [4.78, 5) is 4.21. The monoisotopic (exact) mass is 139 g/mol. The van der Waals surface area contributed by atoms with Crippen LogP contribution < -0.4 is 0 Å². The van der Waals surface area contributed by atoms with Crippen LogP contribution in [-0.4, -0.2) is 18.9 Å². The summed E-state index contributed by atoms with van der Waals surface area (Å²) in [6.07, 6.45) is 4.89. The number of hydrogen-bond donors (Lipinski definition) is 0.